The highest BCUT2D eigenvalue weighted by molar-refractivity contribution is 5.96. The topological polar surface area (TPSA) is 91.6 Å². The second kappa shape index (κ2) is 8.61. The quantitative estimate of drug-likeness (QED) is 0.534. The molecule has 1 aliphatic heterocycles. The first kappa shape index (κ1) is 20.5. The molecule has 2 amide bonds. The Kier molecular flexibility index (Phi) is 5.51. The molecule has 0 radical (unpaired) electrons. The van der Waals surface area contributed by atoms with Crippen molar-refractivity contribution in [1.82, 2.24) is 24.6 Å². The number of imidazole rings is 1. The number of rotatable bonds is 8. The van der Waals surface area contributed by atoms with Gasteiger partial charge in [0.15, 0.2) is 11.5 Å². The molecule has 8 heteroatoms. The summed E-state index contributed by atoms with van der Waals surface area (Å²) >= 11 is 0. The van der Waals surface area contributed by atoms with Crippen molar-refractivity contribution in [3.63, 3.8) is 0 Å². The fourth-order valence-electron chi connectivity index (χ4n) is 4.24. The molecule has 1 aromatic carbocycles. The number of amides is 2. The Hall–Kier alpha value is -3.42. The van der Waals surface area contributed by atoms with Gasteiger partial charge < -0.3 is 15.5 Å². The number of likely N-dealkylation sites (tertiary alicyclic amines) is 1. The molecule has 0 unspecified atom stereocenters. The van der Waals surface area contributed by atoms with Crippen LogP contribution in [-0.4, -0.2) is 56.8 Å². The van der Waals surface area contributed by atoms with Crippen LogP contribution in [0, 0.1) is 6.92 Å². The van der Waals surface area contributed by atoms with Crippen LogP contribution in [0.2, 0.25) is 0 Å². The maximum atomic E-state index is 12.4. The molecule has 2 fully saturated rings. The van der Waals surface area contributed by atoms with E-state index >= 15 is 0 Å². The highest BCUT2D eigenvalue weighted by Crippen LogP contribution is 2.26. The third-order valence-corrected chi connectivity index (χ3v) is 6.18. The summed E-state index contributed by atoms with van der Waals surface area (Å²) in [5, 5.41) is 6.42. The summed E-state index contributed by atoms with van der Waals surface area (Å²) in [5.74, 6) is 0.985. The predicted molar refractivity (Wildman–Crippen MR) is 123 cm³/mol. The van der Waals surface area contributed by atoms with Gasteiger partial charge in [-0.05, 0) is 50.3 Å². The van der Waals surface area contributed by atoms with Gasteiger partial charge in [-0.25, -0.2) is 9.97 Å². The predicted octanol–water partition coefficient (Wildman–Crippen LogP) is 3.02. The Bertz CT molecular complexity index is 1170. The number of hydrogen-bond donors (Lipinski definition) is 2. The van der Waals surface area contributed by atoms with Gasteiger partial charge >= 0.3 is 0 Å². The van der Waals surface area contributed by atoms with Gasteiger partial charge in [0, 0.05) is 55.6 Å². The van der Waals surface area contributed by atoms with Crippen LogP contribution in [0.4, 0.5) is 5.82 Å². The lowest BCUT2D eigenvalue weighted by atomic mass is 10.0. The summed E-state index contributed by atoms with van der Waals surface area (Å²) in [4.78, 5) is 35.2. The van der Waals surface area contributed by atoms with Gasteiger partial charge in [-0.2, -0.15) is 0 Å². The second-order valence-electron chi connectivity index (χ2n) is 8.66. The highest BCUT2D eigenvalue weighted by atomic mass is 16.2. The number of hydrogen-bond acceptors (Lipinski definition) is 5. The van der Waals surface area contributed by atoms with Gasteiger partial charge in [-0.15, -0.1) is 0 Å². The van der Waals surface area contributed by atoms with Crippen molar-refractivity contribution in [2.45, 2.75) is 45.1 Å². The van der Waals surface area contributed by atoms with Crippen LogP contribution >= 0.6 is 0 Å². The third-order valence-electron chi connectivity index (χ3n) is 6.18. The molecule has 32 heavy (non-hydrogen) atoms. The van der Waals surface area contributed by atoms with Crippen molar-refractivity contribution in [3.05, 3.63) is 47.9 Å². The van der Waals surface area contributed by atoms with Crippen molar-refractivity contribution in [2.24, 2.45) is 0 Å². The number of benzene rings is 1. The SMILES string of the molecule is Cc1cc(-c2cnc3c(NCCCN4CCCC4=O)nccn23)ccc1C(=O)NC1CC1. The number of carbonyl (C=O) groups is 2. The molecule has 166 valence electrons. The Morgan fingerprint density at radius 2 is 2.12 bits per heavy atom. The molecule has 3 heterocycles. The van der Waals surface area contributed by atoms with Crippen LogP contribution < -0.4 is 10.6 Å². The summed E-state index contributed by atoms with van der Waals surface area (Å²) in [7, 11) is 0. The van der Waals surface area contributed by atoms with E-state index < -0.39 is 0 Å². The molecule has 0 bridgehead atoms. The summed E-state index contributed by atoms with van der Waals surface area (Å²) in [6.45, 7) is 4.34. The molecule has 1 saturated carbocycles. The fourth-order valence-corrected chi connectivity index (χ4v) is 4.24. The Morgan fingerprint density at radius 3 is 2.88 bits per heavy atom. The molecule has 1 saturated heterocycles. The first-order valence-electron chi connectivity index (χ1n) is 11.4. The van der Waals surface area contributed by atoms with Crippen LogP contribution in [-0.2, 0) is 4.79 Å². The van der Waals surface area contributed by atoms with Gasteiger partial charge in [-0.3, -0.25) is 14.0 Å². The number of fused-ring (bicyclic) bond motifs is 1. The molecular formula is C24H28N6O2. The first-order chi connectivity index (χ1) is 15.6. The van der Waals surface area contributed by atoms with Crippen LogP contribution in [0.25, 0.3) is 16.9 Å². The van der Waals surface area contributed by atoms with Crippen molar-refractivity contribution >= 4 is 23.3 Å². The molecule has 0 atom stereocenters. The monoisotopic (exact) mass is 432 g/mol. The van der Waals surface area contributed by atoms with E-state index in [1.165, 1.54) is 0 Å². The molecule has 1 aliphatic carbocycles. The van der Waals surface area contributed by atoms with Gasteiger partial charge in [0.2, 0.25) is 5.91 Å². The summed E-state index contributed by atoms with van der Waals surface area (Å²) < 4.78 is 2.01. The summed E-state index contributed by atoms with van der Waals surface area (Å²) in [6.07, 6.45) is 10.2. The summed E-state index contributed by atoms with van der Waals surface area (Å²) in [5.41, 5.74) is 4.37. The zero-order chi connectivity index (χ0) is 22.1. The number of anilines is 1. The van der Waals surface area contributed by atoms with E-state index in [-0.39, 0.29) is 11.8 Å². The van der Waals surface area contributed by atoms with Crippen molar-refractivity contribution in [2.75, 3.05) is 25.0 Å². The third kappa shape index (κ3) is 4.17. The van der Waals surface area contributed by atoms with Crippen LogP contribution in [0.15, 0.2) is 36.8 Å². The largest absolute Gasteiger partial charge is 0.367 e. The molecular weight excluding hydrogens is 404 g/mol. The molecule has 0 spiro atoms. The Balaban J connectivity index is 1.29. The van der Waals surface area contributed by atoms with E-state index in [4.69, 9.17) is 0 Å². The van der Waals surface area contributed by atoms with E-state index in [2.05, 4.69) is 20.6 Å². The maximum absolute atomic E-state index is 12.4. The van der Waals surface area contributed by atoms with E-state index in [1.54, 1.807) is 6.20 Å². The van der Waals surface area contributed by atoms with Gasteiger partial charge in [0.05, 0.1) is 11.9 Å². The molecule has 2 N–H and O–H groups in total. The number of aryl methyl sites for hydroxylation is 1. The van der Waals surface area contributed by atoms with Gasteiger partial charge in [0.25, 0.3) is 5.91 Å². The minimum atomic E-state index is 0.000934. The zero-order valence-electron chi connectivity index (χ0n) is 18.3. The molecule has 3 aromatic rings. The van der Waals surface area contributed by atoms with Crippen molar-refractivity contribution in [3.8, 4) is 11.3 Å². The molecule has 2 aromatic heterocycles. The average Bonchev–Trinajstić information content (AvgIpc) is 3.33. The Morgan fingerprint density at radius 1 is 1.25 bits per heavy atom. The molecule has 8 nitrogen and oxygen atoms in total. The standard InChI is InChI=1S/C24H28N6O2/c1-16-14-17(5-8-19(16)24(32)28-18-6-7-18)20-15-27-23-22(26-10-13-30(20)23)25-9-3-12-29-11-2-4-21(29)31/h5,8,10,13-15,18H,2-4,6-7,9,11-12H2,1H3,(H,25,26)(H,28,32). The van der Waals surface area contributed by atoms with Crippen molar-refractivity contribution in [1.29, 1.82) is 0 Å². The number of nitrogens with zero attached hydrogens (tertiary/aromatic N) is 4. The number of nitrogens with one attached hydrogen (secondary N) is 2. The lowest BCUT2D eigenvalue weighted by Crippen LogP contribution is -2.27. The van der Waals surface area contributed by atoms with E-state index in [9.17, 15) is 9.59 Å². The van der Waals surface area contributed by atoms with Crippen LogP contribution in [0.1, 0.15) is 48.0 Å². The normalized spacial score (nSPS) is 16.0. The minimum absolute atomic E-state index is 0.000934. The molecule has 2 aliphatic rings. The smallest absolute Gasteiger partial charge is 0.251 e. The molecule has 5 rings (SSSR count). The lowest BCUT2D eigenvalue weighted by molar-refractivity contribution is -0.127. The van der Waals surface area contributed by atoms with Crippen LogP contribution in [0.3, 0.4) is 0 Å². The number of carbonyl (C=O) groups excluding carboxylic acids is 2. The zero-order valence-corrected chi connectivity index (χ0v) is 18.3. The lowest BCUT2D eigenvalue weighted by Gasteiger charge is -2.15. The number of aromatic nitrogens is 3. The van der Waals surface area contributed by atoms with Gasteiger partial charge in [-0.1, -0.05) is 6.07 Å². The fraction of sp³-hybridized carbons (Fsp3) is 0.417. The van der Waals surface area contributed by atoms with E-state index in [0.29, 0.717) is 12.5 Å². The van der Waals surface area contributed by atoms with E-state index in [0.717, 1.165) is 79.2 Å². The van der Waals surface area contributed by atoms with Gasteiger partial charge in [0.1, 0.15) is 0 Å². The second-order valence-corrected chi connectivity index (χ2v) is 8.66. The maximum Gasteiger partial charge on any atom is 0.251 e. The minimum Gasteiger partial charge on any atom is -0.367 e. The van der Waals surface area contributed by atoms with E-state index in [1.807, 2.05) is 46.8 Å². The summed E-state index contributed by atoms with van der Waals surface area (Å²) in [6, 6.07) is 6.24. The van der Waals surface area contributed by atoms with Crippen LogP contribution in [0.5, 0.6) is 0 Å². The highest BCUT2D eigenvalue weighted by Gasteiger charge is 2.24. The first-order valence-corrected chi connectivity index (χ1v) is 11.4. The Labute approximate surface area is 187 Å². The average molecular weight is 433 g/mol. The van der Waals surface area contributed by atoms with Crippen molar-refractivity contribution < 1.29 is 9.59 Å².